The van der Waals surface area contributed by atoms with Crippen LogP contribution in [-0.2, 0) is 0 Å². The average Bonchev–Trinajstić information content (AvgIpc) is 2.65. The van der Waals surface area contributed by atoms with Crippen LogP contribution in [-0.4, -0.2) is 40.2 Å². The third-order valence-electron chi connectivity index (χ3n) is 5.15. The number of nitrogens with zero attached hydrogens (tertiary/aromatic N) is 2. The number of anilines is 1. The third-order valence-corrected chi connectivity index (χ3v) is 5.15. The number of halogens is 3. The topological polar surface area (TPSA) is 129 Å². The van der Waals surface area contributed by atoms with E-state index in [9.17, 15) is 28.1 Å². The van der Waals surface area contributed by atoms with Gasteiger partial charge in [0, 0.05) is 12.5 Å². The van der Waals surface area contributed by atoms with Crippen LogP contribution in [0, 0.1) is 22.0 Å². The fourth-order valence-electron chi connectivity index (χ4n) is 3.56. The molecule has 0 unspecified atom stereocenters. The number of alkyl halides is 3. The van der Waals surface area contributed by atoms with Gasteiger partial charge in [0.1, 0.15) is 6.61 Å². The molecule has 1 aromatic rings. The van der Waals surface area contributed by atoms with Crippen molar-refractivity contribution < 1.29 is 32.7 Å². The molecule has 0 bridgehead atoms. The summed E-state index contributed by atoms with van der Waals surface area (Å²) in [4.78, 5) is 26.6. The zero-order valence-corrected chi connectivity index (χ0v) is 15.8. The van der Waals surface area contributed by atoms with Crippen LogP contribution >= 0.6 is 0 Å². The van der Waals surface area contributed by atoms with Gasteiger partial charge in [-0.05, 0) is 38.0 Å². The van der Waals surface area contributed by atoms with Gasteiger partial charge in [0.15, 0.2) is 5.78 Å². The smallest absolute Gasteiger partial charge is 0.391 e. The van der Waals surface area contributed by atoms with E-state index in [4.69, 9.17) is 15.6 Å². The van der Waals surface area contributed by atoms with E-state index in [-0.39, 0.29) is 49.8 Å². The van der Waals surface area contributed by atoms with Gasteiger partial charge in [-0.25, -0.2) is 0 Å². The van der Waals surface area contributed by atoms with Crippen molar-refractivity contribution in [2.75, 3.05) is 18.9 Å². The minimum atomic E-state index is -4.15. The van der Waals surface area contributed by atoms with E-state index in [1.54, 1.807) is 0 Å². The highest BCUT2D eigenvalue weighted by atomic mass is 19.4. The largest absolute Gasteiger partial charge is 0.475 e. The normalized spacial score (nSPS) is 19.7. The summed E-state index contributed by atoms with van der Waals surface area (Å²) in [6.45, 7) is -0.500. The molecule has 29 heavy (non-hydrogen) atoms. The van der Waals surface area contributed by atoms with Gasteiger partial charge in [-0.2, -0.15) is 18.2 Å². The van der Waals surface area contributed by atoms with Crippen molar-refractivity contribution in [3.8, 4) is 5.88 Å². The number of hydrogen-bond donors (Lipinski definition) is 2. The van der Waals surface area contributed by atoms with E-state index in [2.05, 4.69) is 4.98 Å². The lowest BCUT2D eigenvalue weighted by Crippen LogP contribution is -2.27. The van der Waals surface area contributed by atoms with Crippen LogP contribution in [0.3, 0.4) is 0 Å². The molecule has 1 saturated carbocycles. The lowest BCUT2D eigenvalue weighted by atomic mass is 9.79. The number of pyridine rings is 1. The van der Waals surface area contributed by atoms with Crippen LogP contribution in [0.15, 0.2) is 6.07 Å². The Hall–Kier alpha value is -2.43. The summed E-state index contributed by atoms with van der Waals surface area (Å²) >= 11 is 0. The monoisotopic (exact) mass is 419 g/mol. The SMILES string of the molecule is Nc1nc(OCCO)c(C(=O)CCCC2CCC(C(F)(F)F)CC2)cc1[N+](=O)[O-]. The molecule has 1 aromatic heterocycles. The second kappa shape index (κ2) is 9.86. The summed E-state index contributed by atoms with van der Waals surface area (Å²) in [5.41, 5.74) is 4.90. The molecule has 0 radical (unpaired) electrons. The van der Waals surface area contributed by atoms with E-state index in [0.29, 0.717) is 25.7 Å². The second-order valence-corrected chi connectivity index (χ2v) is 7.15. The molecule has 0 amide bonds. The predicted octanol–water partition coefficient (Wildman–Crippen LogP) is 3.66. The van der Waals surface area contributed by atoms with Gasteiger partial charge >= 0.3 is 11.9 Å². The maximum atomic E-state index is 12.7. The zero-order chi connectivity index (χ0) is 21.6. The summed E-state index contributed by atoms with van der Waals surface area (Å²) < 4.78 is 43.3. The van der Waals surface area contributed by atoms with Crippen LogP contribution in [0.4, 0.5) is 24.7 Å². The van der Waals surface area contributed by atoms with Gasteiger partial charge < -0.3 is 15.6 Å². The molecule has 1 aliphatic carbocycles. The number of ether oxygens (including phenoxy) is 1. The van der Waals surface area contributed by atoms with Crippen molar-refractivity contribution in [3.05, 3.63) is 21.7 Å². The molecular weight excluding hydrogens is 395 g/mol. The molecule has 11 heteroatoms. The third kappa shape index (κ3) is 6.28. The molecule has 0 spiro atoms. The number of carbonyl (C=O) groups excluding carboxylic acids is 1. The Morgan fingerprint density at radius 3 is 2.55 bits per heavy atom. The fourth-order valence-corrected chi connectivity index (χ4v) is 3.56. The Bertz CT molecular complexity index is 734. The van der Waals surface area contributed by atoms with Gasteiger partial charge in [0.25, 0.3) is 0 Å². The first kappa shape index (κ1) is 22.9. The van der Waals surface area contributed by atoms with Crippen LogP contribution < -0.4 is 10.5 Å². The van der Waals surface area contributed by atoms with E-state index < -0.39 is 34.3 Å². The average molecular weight is 419 g/mol. The van der Waals surface area contributed by atoms with Gasteiger partial charge in [-0.3, -0.25) is 14.9 Å². The highest BCUT2D eigenvalue weighted by Crippen LogP contribution is 2.40. The summed E-state index contributed by atoms with van der Waals surface area (Å²) in [7, 11) is 0. The Labute approximate surface area is 165 Å². The van der Waals surface area contributed by atoms with Crippen LogP contribution in [0.5, 0.6) is 5.88 Å². The quantitative estimate of drug-likeness (QED) is 0.355. The highest BCUT2D eigenvalue weighted by Gasteiger charge is 2.41. The molecule has 162 valence electrons. The molecule has 1 fully saturated rings. The maximum Gasteiger partial charge on any atom is 0.391 e. The molecule has 0 atom stereocenters. The first-order valence-corrected chi connectivity index (χ1v) is 9.42. The minimum Gasteiger partial charge on any atom is -0.475 e. The summed E-state index contributed by atoms with van der Waals surface area (Å²) in [5.74, 6) is -2.13. The number of nitro groups is 1. The van der Waals surface area contributed by atoms with E-state index in [1.807, 2.05) is 0 Å². The van der Waals surface area contributed by atoms with Crippen molar-refractivity contribution in [3.63, 3.8) is 0 Å². The molecule has 2 rings (SSSR count). The lowest BCUT2D eigenvalue weighted by molar-refractivity contribution is -0.384. The van der Waals surface area contributed by atoms with E-state index >= 15 is 0 Å². The number of Topliss-reactive ketones (excluding diaryl/α,β-unsaturated/α-hetero) is 1. The number of rotatable bonds is 9. The summed E-state index contributed by atoms with van der Waals surface area (Å²) in [6.07, 6.45) is -1.90. The Morgan fingerprint density at radius 2 is 2.00 bits per heavy atom. The predicted molar refractivity (Wildman–Crippen MR) is 97.6 cm³/mol. The number of ketones is 1. The number of hydrogen-bond acceptors (Lipinski definition) is 7. The standard InChI is InChI=1S/C18H24F3N3O5/c19-18(20,21)12-6-4-11(5-7-12)2-1-3-15(26)13-10-14(24(27)28)16(22)23-17(13)29-9-8-25/h10-12,25H,1-9H2,(H2,22,23). The molecule has 8 nitrogen and oxygen atoms in total. The van der Waals surface area contributed by atoms with Gasteiger partial charge in [0.2, 0.25) is 11.7 Å². The van der Waals surface area contributed by atoms with Crippen molar-refractivity contribution in [2.45, 2.75) is 51.1 Å². The van der Waals surface area contributed by atoms with Crippen LogP contribution in [0.1, 0.15) is 55.3 Å². The molecule has 3 N–H and O–H groups in total. The van der Waals surface area contributed by atoms with Crippen molar-refractivity contribution >= 4 is 17.3 Å². The number of aromatic nitrogens is 1. The van der Waals surface area contributed by atoms with Crippen molar-refractivity contribution in [1.29, 1.82) is 0 Å². The molecule has 1 aliphatic rings. The van der Waals surface area contributed by atoms with E-state index in [0.717, 1.165) is 6.07 Å². The van der Waals surface area contributed by atoms with Gasteiger partial charge in [0.05, 0.1) is 23.0 Å². The second-order valence-electron chi connectivity index (χ2n) is 7.15. The number of nitrogens with two attached hydrogens (primary N) is 1. The van der Waals surface area contributed by atoms with Crippen LogP contribution in [0.25, 0.3) is 0 Å². The molecule has 0 saturated heterocycles. The highest BCUT2D eigenvalue weighted by molar-refractivity contribution is 5.99. The Kier molecular flexibility index (Phi) is 7.77. The number of aliphatic hydroxyl groups is 1. The molecule has 0 aliphatic heterocycles. The number of aliphatic hydroxyl groups excluding tert-OH is 1. The number of nitrogen functional groups attached to an aromatic ring is 1. The fraction of sp³-hybridized carbons (Fsp3) is 0.667. The summed E-state index contributed by atoms with van der Waals surface area (Å²) in [5, 5.41) is 19.9. The maximum absolute atomic E-state index is 12.7. The van der Waals surface area contributed by atoms with Crippen molar-refractivity contribution in [1.82, 2.24) is 4.98 Å². The van der Waals surface area contributed by atoms with Crippen LogP contribution in [0.2, 0.25) is 0 Å². The molecular formula is C18H24F3N3O5. The molecule has 1 heterocycles. The Balaban J connectivity index is 1.96. The lowest BCUT2D eigenvalue weighted by Gasteiger charge is -2.29. The van der Waals surface area contributed by atoms with Crippen molar-refractivity contribution in [2.24, 2.45) is 11.8 Å². The van der Waals surface area contributed by atoms with Gasteiger partial charge in [-0.1, -0.05) is 6.42 Å². The Morgan fingerprint density at radius 1 is 1.34 bits per heavy atom. The summed E-state index contributed by atoms with van der Waals surface area (Å²) in [6, 6.07) is 1.01. The van der Waals surface area contributed by atoms with E-state index in [1.165, 1.54) is 0 Å². The molecule has 0 aromatic carbocycles. The zero-order valence-electron chi connectivity index (χ0n) is 15.8. The first-order chi connectivity index (χ1) is 13.6. The first-order valence-electron chi connectivity index (χ1n) is 9.42. The number of carbonyl (C=O) groups is 1. The van der Waals surface area contributed by atoms with Gasteiger partial charge in [-0.15, -0.1) is 0 Å². The minimum absolute atomic E-state index is 0.0530.